The van der Waals surface area contributed by atoms with E-state index in [0.29, 0.717) is 25.2 Å². The van der Waals surface area contributed by atoms with Crippen LogP contribution in [-0.2, 0) is 9.59 Å². The lowest BCUT2D eigenvalue weighted by Gasteiger charge is -2.18. The molecule has 0 fully saturated rings. The Balaban J connectivity index is 1.50. The minimum Gasteiger partial charge on any atom is -0.415 e. The van der Waals surface area contributed by atoms with Gasteiger partial charge in [0.2, 0.25) is 5.91 Å². The van der Waals surface area contributed by atoms with Gasteiger partial charge in [0.15, 0.2) is 0 Å². The van der Waals surface area contributed by atoms with Crippen LogP contribution in [0.25, 0.3) is 0 Å². The summed E-state index contributed by atoms with van der Waals surface area (Å²) in [5.41, 5.74) is 3.26. The lowest BCUT2D eigenvalue weighted by molar-refractivity contribution is -0.120. The summed E-state index contributed by atoms with van der Waals surface area (Å²) in [6.07, 6.45) is 3.41. The first-order valence-electron chi connectivity index (χ1n) is 20.3. The van der Waals surface area contributed by atoms with E-state index < -0.39 is 47.2 Å². The summed E-state index contributed by atoms with van der Waals surface area (Å²) in [6.45, 7) is 14.7. The Morgan fingerprint density at radius 1 is 0.721 bits per heavy atom. The van der Waals surface area contributed by atoms with Crippen LogP contribution in [0.1, 0.15) is 95.3 Å². The van der Waals surface area contributed by atoms with Crippen LogP contribution in [0.3, 0.4) is 0 Å². The van der Waals surface area contributed by atoms with E-state index in [2.05, 4.69) is 65.0 Å². The number of hydrogen-bond donors (Lipinski definition) is 5. The van der Waals surface area contributed by atoms with E-state index in [1.165, 1.54) is 42.6 Å². The van der Waals surface area contributed by atoms with Gasteiger partial charge in [-0.25, -0.2) is 4.79 Å². The fraction of sp³-hybridized carbons (Fsp3) is 0.372. The highest BCUT2D eigenvalue weighted by atomic mass is 16.4. The first-order valence-corrected chi connectivity index (χ1v) is 20.3. The molecule has 1 heterocycles. The van der Waals surface area contributed by atoms with Crippen LogP contribution in [-0.4, -0.2) is 102 Å². The molecule has 0 bridgehead atoms. The van der Waals surface area contributed by atoms with Gasteiger partial charge < -0.3 is 30.2 Å². The third-order valence-corrected chi connectivity index (χ3v) is 9.68. The number of amides is 6. The molecule has 5 N–H and O–H groups in total. The SMILES string of the molecule is CCC(N=Nc1ccccc1C(=O)Nc1cc(C(=O)NCCCN(CC)CC)cc(C(=O)NC(=O)CCN(CC)CC)c1)C(=O)Nc1cccc(C(=O)Nn2ccoc2=O)c1. The van der Waals surface area contributed by atoms with Crippen molar-refractivity contribution in [2.24, 2.45) is 10.2 Å². The second-order valence-corrected chi connectivity index (χ2v) is 13.8. The van der Waals surface area contributed by atoms with E-state index in [1.807, 2.05) is 13.8 Å². The van der Waals surface area contributed by atoms with Crippen molar-refractivity contribution in [2.75, 3.05) is 61.9 Å². The highest BCUT2D eigenvalue weighted by Crippen LogP contribution is 2.24. The molecule has 18 nitrogen and oxygen atoms in total. The lowest BCUT2D eigenvalue weighted by atomic mass is 10.1. The fourth-order valence-corrected chi connectivity index (χ4v) is 6.06. The molecule has 0 spiro atoms. The van der Waals surface area contributed by atoms with Crippen LogP contribution >= 0.6 is 0 Å². The molecule has 3 aromatic carbocycles. The molecular weight excluding hydrogens is 785 g/mol. The van der Waals surface area contributed by atoms with Crippen LogP contribution < -0.4 is 32.4 Å². The normalized spacial score (nSPS) is 11.7. The molecule has 4 rings (SSSR count). The summed E-state index contributed by atoms with van der Waals surface area (Å²) in [5.74, 6) is -4.23. The lowest BCUT2D eigenvalue weighted by Crippen LogP contribution is -2.34. The number of oxazole rings is 1. The van der Waals surface area contributed by atoms with E-state index in [-0.39, 0.29) is 46.5 Å². The fourth-order valence-electron chi connectivity index (χ4n) is 6.06. The van der Waals surface area contributed by atoms with Gasteiger partial charge in [0.25, 0.3) is 29.5 Å². The number of carbonyl (C=O) groups is 6. The monoisotopic (exact) mass is 838 g/mol. The topological polar surface area (TPSA) is 229 Å². The van der Waals surface area contributed by atoms with E-state index in [0.717, 1.165) is 43.7 Å². The molecule has 0 aliphatic rings. The van der Waals surface area contributed by atoms with E-state index in [1.54, 1.807) is 37.3 Å². The summed E-state index contributed by atoms with van der Waals surface area (Å²) in [4.78, 5) is 95.2. The van der Waals surface area contributed by atoms with Gasteiger partial charge in [-0.15, -0.1) is 0 Å². The van der Waals surface area contributed by atoms with Gasteiger partial charge >= 0.3 is 5.76 Å². The molecule has 0 saturated carbocycles. The van der Waals surface area contributed by atoms with Crippen molar-refractivity contribution in [3.8, 4) is 0 Å². The zero-order valence-corrected chi connectivity index (χ0v) is 35.2. The van der Waals surface area contributed by atoms with Gasteiger partial charge in [0.1, 0.15) is 12.3 Å². The van der Waals surface area contributed by atoms with Gasteiger partial charge in [-0.3, -0.25) is 39.5 Å². The van der Waals surface area contributed by atoms with Crippen LogP contribution in [0.15, 0.2) is 98.6 Å². The molecule has 0 radical (unpaired) electrons. The first-order chi connectivity index (χ1) is 29.4. The number of nitrogens with one attached hydrogen (secondary N) is 5. The number of carbonyl (C=O) groups excluding carboxylic acids is 6. The number of azo groups is 1. The predicted octanol–water partition coefficient (Wildman–Crippen LogP) is 5.03. The Morgan fingerprint density at radius 2 is 1.39 bits per heavy atom. The van der Waals surface area contributed by atoms with Crippen molar-refractivity contribution in [3.05, 3.63) is 112 Å². The highest BCUT2D eigenvalue weighted by Gasteiger charge is 2.20. The quantitative estimate of drug-likeness (QED) is 0.0524. The van der Waals surface area contributed by atoms with Crippen molar-refractivity contribution in [1.82, 2.24) is 25.1 Å². The van der Waals surface area contributed by atoms with Crippen molar-refractivity contribution in [2.45, 2.75) is 59.9 Å². The van der Waals surface area contributed by atoms with Crippen molar-refractivity contribution in [1.29, 1.82) is 0 Å². The molecule has 61 heavy (non-hydrogen) atoms. The summed E-state index contributed by atoms with van der Waals surface area (Å²) in [5, 5.41) is 19.2. The van der Waals surface area contributed by atoms with Gasteiger partial charge in [-0.05, 0) is 94.1 Å². The molecule has 6 amide bonds. The maximum absolute atomic E-state index is 13.8. The molecule has 18 heteroatoms. The standard InChI is InChI=1S/C43H54N10O8/c1-6-35(42(59)45-32-16-13-15-29(26-32)40(57)50-53-23-24-61-43(53)60)48-49-36-18-12-11-17-34(36)41(58)46-33-27-30(38(55)44-20-14-21-51(7-2)8-3)25-31(28-33)39(56)47-37(54)19-22-52(9-4)10-5/h11-13,15-18,23-28,35H,6-10,14,19-22H2,1-5H3,(H,44,55)(H,45,59)(H,46,58)(H,50,57)(H,47,54,56). The van der Waals surface area contributed by atoms with E-state index >= 15 is 0 Å². The Bertz CT molecular complexity index is 2240. The van der Waals surface area contributed by atoms with Gasteiger partial charge in [0, 0.05) is 47.6 Å². The van der Waals surface area contributed by atoms with Crippen molar-refractivity contribution in [3.63, 3.8) is 0 Å². The number of aromatic nitrogens is 1. The third kappa shape index (κ3) is 14.2. The zero-order chi connectivity index (χ0) is 44.3. The summed E-state index contributed by atoms with van der Waals surface area (Å²) in [7, 11) is 0. The van der Waals surface area contributed by atoms with Crippen LogP contribution in [0, 0.1) is 0 Å². The Hall–Kier alpha value is -6.79. The van der Waals surface area contributed by atoms with Crippen LogP contribution in [0.5, 0.6) is 0 Å². The number of rotatable bonds is 22. The Labute approximate surface area is 354 Å². The Kier molecular flexibility index (Phi) is 18.2. The summed E-state index contributed by atoms with van der Waals surface area (Å²) < 4.78 is 5.53. The second-order valence-electron chi connectivity index (χ2n) is 13.8. The molecule has 4 aromatic rings. The molecule has 324 valence electrons. The number of imide groups is 1. The average molecular weight is 839 g/mol. The van der Waals surface area contributed by atoms with Gasteiger partial charge in [0.05, 0.1) is 17.4 Å². The minimum absolute atomic E-state index is 0.00772. The number of nitrogens with zero attached hydrogens (tertiary/aromatic N) is 5. The van der Waals surface area contributed by atoms with Crippen molar-refractivity contribution >= 4 is 52.5 Å². The van der Waals surface area contributed by atoms with Gasteiger partial charge in [-0.2, -0.15) is 14.9 Å². The molecule has 0 saturated heterocycles. The van der Waals surface area contributed by atoms with E-state index in [4.69, 9.17) is 0 Å². The molecular formula is C43H54N10O8. The molecule has 1 unspecified atom stereocenters. The zero-order valence-electron chi connectivity index (χ0n) is 35.2. The molecule has 0 aliphatic carbocycles. The first kappa shape index (κ1) is 46.9. The van der Waals surface area contributed by atoms with Crippen molar-refractivity contribution < 1.29 is 33.2 Å². The van der Waals surface area contributed by atoms with Gasteiger partial charge in [-0.1, -0.05) is 52.8 Å². The molecule has 1 aromatic heterocycles. The largest absolute Gasteiger partial charge is 0.437 e. The average Bonchev–Trinajstić information content (AvgIpc) is 3.67. The third-order valence-electron chi connectivity index (χ3n) is 9.68. The van der Waals surface area contributed by atoms with E-state index in [9.17, 15) is 33.6 Å². The number of hydrogen-bond acceptors (Lipinski definition) is 12. The summed E-state index contributed by atoms with van der Waals surface area (Å²) >= 11 is 0. The molecule has 0 aliphatic heterocycles. The summed E-state index contributed by atoms with van der Waals surface area (Å²) in [6, 6.07) is 15.6. The highest BCUT2D eigenvalue weighted by molar-refractivity contribution is 6.10. The second kappa shape index (κ2) is 23.7. The van der Waals surface area contributed by atoms with Crippen LogP contribution in [0.4, 0.5) is 17.1 Å². The minimum atomic E-state index is -0.990. The number of benzene rings is 3. The smallest absolute Gasteiger partial charge is 0.415 e. The number of anilines is 2. The maximum atomic E-state index is 13.8. The van der Waals surface area contributed by atoms with Crippen LogP contribution in [0.2, 0.25) is 0 Å². The maximum Gasteiger partial charge on any atom is 0.437 e. The Morgan fingerprint density at radius 3 is 2.07 bits per heavy atom. The molecule has 1 atom stereocenters. The predicted molar refractivity (Wildman–Crippen MR) is 231 cm³/mol.